The summed E-state index contributed by atoms with van der Waals surface area (Å²) in [5, 5.41) is 3.47. The highest BCUT2D eigenvalue weighted by Gasteiger charge is 2.27. The van der Waals surface area contributed by atoms with Crippen molar-refractivity contribution in [1.82, 2.24) is 10.2 Å². The number of rotatable bonds is 2. The van der Waals surface area contributed by atoms with E-state index < -0.39 is 0 Å². The zero-order valence-corrected chi connectivity index (χ0v) is 12.9. The maximum Gasteiger partial charge on any atom is 0.0232 e. The number of hydrogen-bond acceptors (Lipinski definition) is 2. The van der Waals surface area contributed by atoms with Gasteiger partial charge in [-0.15, -0.1) is 24.8 Å². The third-order valence-electron chi connectivity index (χ3n) is 4.35. The summed E-state index contributed by atoms with van der Waals surface area (Å²) >= 11 is 0. The lowest BCUT2D eigenvalue weighted by atomic mass is 9.89. The summed E-state index contributed by atoms with van der Waals surface area (Å²) in [5.41, 5.74) is 1.54. The fourth-order valence-electron chi connectivity index (χ4n) is 3.27. The lowest BCUT2D eigenvalue weighted by molar-refractivity contribution is 0.161. The molecule has 4 heteroatoms. The van der Waals surface area contributed by atoms with Crippen LogP contribution < -0.4 is 5.32 Å². The molecular weight excluding hydrogens is 279 g/mol. The van der Waals surface area contributed by atoms with Crippen molar-refractivity contribution in [2.45, 2.75) is 31.2 Å². The molecule has 2 aliphatic heterocycles. The van der Waals surface area contributed by atoms with Crippen LogP contribution in [0.25, 0.3) is 0 Å². The maximum absolute atomic E-state index is 3.47. The first-order chi connectivity index (χ1) is 8.43. The summed E-state index contributed by atoms with van der Waals surface area (Å²) < 4.78 is 0. The Balaban J connectivity index is 0.000000902. The molecule has 0 spiro atoms. The second-order valence-corrected chi connectivity index (χ2v) is 5.37. The number of piperidine rings is 1. The number of nitrogens with one attached hydrogen (secondary N) is 1. The Bertz CT molecular complexity index is 344. The van der Waals surface area contributed by atoms with Gasteiger partial charge in [-0.2, -0.15) is 0 Å². The molecule has 0 aliphatic carbocycles. The minimum Gasteiger partial charge on any atom is -0.315 e. The molecule has 2 saturated heterocycles. The number of likely N-dealkylation sites (tertiary alicyclic amines) is 1. The van der Waals surface area contributed by atoms with Gasteiger partial charge in [0.1, 0.15) is 0 Å². The molecule has 0 aromatic heterocycles. The van der Waals surface area contributed by atoms with Crippen LogP contribution in [-0.4, -0.2) is 37.1 Å². The van der Waals surface area contributed by atoms with E-state index in [-0.39, 0.29) is 24.8 Å². The predicted octanol–water partition coefficient (Wildman–Crippen LogP) is 3.07. The number of benzene rings is 1. The summed E-state index contributed by atoms with van der Waals surface area (Å²) in [6.45, 7) is 4.98. The van der Waals surface area contributed by atoms with E-state index in [1.54, 1.807) is 0 Å². The van der Waals surface area contributed by atoms with Crippen LogP contribution in [-0.2, 0) is 0 Å². The van der Waals surface area contributed by atoms with Gasteiger partial charge in [-0.05, 0) is 50.4 Å². The molecule has 1 aromatic carbocycles. The van der Waals surface area contributed by atoms with Gasteiger partial charge in [0.15, 0.2) is 0 Å². The lowest BCUT2D eigenvalue weighted by Crippen LogP contribution is -2.42. The smallest absolute Gasteiger partial charge is 0.0232 e. The Morgan fingerprint density at radius 3 is 2.21 bits per heavy atom. The molecule has 2 nitrogen and oxygen atoms in total. The molecule has 0 saturated carbocycles. The van der Waals surface area contributed by atoms with Crippen molar-refractivity contribution >= 4 is 24.8 Å². The van der Waals surface area contributed by atoms with Crippen molar-refractivity contribution in [3.63, 3.8) is 0 Å². The quantitative estimate of drug-likeness (QED) is 0.903. The zero-order chi connectivity index (χ0) is 11.5. The van der Waals surface area contributed by atoms with E-state index in [4.69, 9.17) is 0 Å². The van der Waals surface area contributed by atoms with Gasteiger partial charge >= 0.3 is 0 Å². The third-order valence-corrected chi connectivity index (χ3v) is 4.35. The van der Waals surface area contributed by atoms with E-state index in [1.165, 1.54) is 51.0 Å². The van der Waals surface area contributed by atoms with Crippen molar-refractivity contribution in [3.8, 4) is 0 Å². The van der Waals surface area contributed by atoms with Gasteiger partial charge in [-0.1, -0.05) is 30.3 Å². The molecule has 1 unspecified atom stereocenters. The van der Waals surface area contributed by atoms with Crippen LogP contribution >= 0.6 is 24.8 Å². The largest absolute Gasteiger partial charge is 0.315 e. The summed E-state index contributed by atoms with van der Waals surface area (Å²) in [6, 6.07) is 11.8. The van der Waals surface area contributed by atoms with Crippen molar-refractivity contribution in [2.24, 2.45) is 0 Å². The van der Waals surface area contributed by atoms with E-state index in [1.807, 2.05) is 0 Å². The second kappa shape index (κ2) is 8.11. The molecule has 2 aliphatic rings. The van der Waals surface area contributed by atoms with Crippen molar-refractivity contribution < 1.29 is 0 Å². The average molecular weight is 303 g/mol. The van der Waals surface area contributed by atoms with Gasteiger partial charge in [-0.25, -0.2) is 0 Å². The molecule has 2 heterocycles. The van der Waals surface area contributed by atoms with E-state index in [0.29, 0.717) is 0 Å². The van der Waals surface area contributed by atoms with Gasteiger partial charge in [0.05, 0.1) is 0 Å². The van der Waals surface area contributed by atoms with Crippen LogP contribution in [0.15, 0.2) is 30.3 Å². The normalized spacial score (nSPS) is 24.5. The highest BCUT2D eigenvalue weighted by molar-refractivity contribution is 5.85. The summed E-state index contributed by atoms with van der Waals surface area (Å²) in [7, 11) is 0. The van der Waals surface area contributed by atoms with Crippen molar-refractivity contribution in [3.05, 3.63) is 35.9 Å². The molecule has 108 valence electrons. The lowest BCUT2D eigenvalue weighted by Gasteiger charge is -2.35. The van der Waals surface area contributed by atoms with E-state index in [9.17, 15) is 0 Å². The Morgan fingerprint density at radius 1 is 0.947 bits per heavy atom. The van der Waals surface area contributed by atoms with E-state index in [2.05, 4.69) is 40.5 Å². The molecule has 1 aromatic rings. The summed E-state index contributed by atoms with van der Waals surface area (Å²) in [4.78, 5) is 2.69. The molecule has 1 N–H and O–H groups in total. The first kappa shape index (κ1) is 16.8. The van der Waals surface area contributed by atoms with E-state index >= 15 is 0 Å². The first-order valence-electron chi connectivity index (χ1n) is 6.93. The van der Waals surface area contributed by atoms with Crippen molar-refractivity contribution in [2.75, 3.05) is 26.2 Å². The maximum atomic E-state index is 3.47. The second-order valence-electron chi connectivity index (χ2n) is 5.37. The molecule has 0 amide bonds. The van der Waals surface area contributed by atoms with Gasteiger partial charge in [0, 0.05) is 12.6 Å². The summed E-state index contributed by atoms with van der Waals surface area (Å²) in [6.07, 6.45) is 4.01. The third kappa shape index (κ3) is 4.09. The highest BCUT2D eigenvalue weighted by atomic mass is 35.5. The number of halogens is 2. The summed E-state index contributed by atoms with van der Waals surface area (Å²) in [5.74, 6) is 0.793. The monoisotopic (exact) mass is 302 g/mol. The van der Waals surface area contributed by atoms with Gasteiger partial charge in [-0.3, -0.25) is 4.90 Å². The van der Waals surface area contributed by atoms with Gasteiger partial charge < -0.3 is 5.32 Å². The van der Waals surface area contributed by atoms with Gasteiger partial charge in [0.2, 0.25) is 0 Å². The molecule has 3 rings (SSSR count). The minimum atomic E-state index is 0. The Labute approximate surface area is 128 Å². The van der Waals surface area contributed by atoms with Crippen LogP contribution in [0, 0.1) is 0 Å². The number of nitrogens with zero attached hydrogens (tertiary/aromatic N) is 1. The van der Waals surface area contributed by atoms with Crippen LogP contribution in [0.1, 0.15) is 30.7 Å². The van der Waals surface area contributed by atoms with Crippen LogP contribution in [0.3, 0.4) is 0 Å². The topological polar surface area (TPSA) is 15.3 Å². The SMILES string of the molecule is Cl.Cl.c1ccc(C2CCN(C3CCNC3)CC2)cc1. The minimum absolute atomic E-state index is 0. The van der Waals surface area contributed by atoms with Crippen LogP contribution in [0.5, 0.6) is 0 Å². The Hall–Kier alpha value is -0.280. The molecule has 19 heavy (non-hydrogen) atoms. The first-order valence-corrected chi connectivity index (χ1v) is 6.93. The molecule has 0 radical (unpaired) electrons. The molecule has 0 bridgehead atoms. The molecule has 1 atom stereocenters. The fourth-order valence-corrected chi connectivity index (χ4v) is 3.27. The Kier molecular flexibility index (Phi) is 7.16. The average Bonchev–Trinajstić information content (AvgIpc) is 2.94. The van der Waals surface area contributed by atoms with E-state index in [0.717, 1.165) is 12.0 Å². The fraction of sp³-hybridized carbons (Fsp3) is 0.600. The molecular formula is C15H24Cl2N2. The van der Waals surface area contributed by atoms with Crippen LogP contribution in [0.2, 0.25) is 0 Å². The van der Waals surface area contributed by atoms with Gasteiger partial charge in [0.25, 0.3) is 0 Å². The zero-order valence-electron chi connectivity index (χ0n) is 11.3. The standard InChI is InChI=1S/C15H22N2.2ClH/c1-2-4-13(5-3-1)14-7-10-17(11-8-14)15-6-9-16-12-15;;/h1-5,14-16H,6-12H2;2*1H. The Morgan fingerprint density at radius 2 is 1.63 bits per heavy atom. The van der Waals surface area contributed by atoms with Crippen LogP contribution in [0.4, 0.5) is 0 Å². The predicted molar refractivity (Wildman–Crippen MR) is 85.8 cm³/mol. The molecule has 2 fully saturated rings. The van der Waals surface area contributed by atoms with Crippen molar-refractivity contribution in [1.29, 1.82) is 0 Å². The highest BCUT2D eigenvalue weighted by Crippen LogP contribution is 2.29. The number of hydrogen-bond donors (Lipinski definition) is 1.